The van der Waals surface area contributed by atoms with Gasteiger partial charge in [-0.25, -0.2) is 4.79 Å². The van der Waals surface area contributed by atoms with Gasteiger partial charge in [0.15, 0.2) is 11.5 Å². The summed E-state index contributed by atoms with van der Waals surface area (Å²) in [5.41, 5.74) is 1.71. The van der Waals surface area contributed by atoms with Crippen LogP contribution in [0.3, 0.4) is 0 Å². The summed E-state index contributed by atoms with van der Waals surface area (Å²) < 4.78 is 17.6. The van der Waals surface area contributed by atoms with Crippen LogP contribution in [0.15, 0.2) is 57.9 Å². The molecule has 0 spiro atoms. The maximum absolute atomic E-state index is 13.2. The van der Waals surface area contributed by atoms with Crippen molar-refractivity contribution in [1.29, 1.82) is 0 Å². The van der Waals surface area contributed by atoms with Crippen LogP contribution in [0.25, 0.3) is 6.08 Å². The van der Waals surface area contributed by atoms with E-state index in [0.717, 1.165) is 16.9 Å². The second kappa shape index (κ2) is 16.6. The molecule has 0 atom stereocenters. The van der Waals surface area contributed by atoms with E-state index < -0.39 is 29.6 Å². The van der Waals surface area contributed by atoms with Gasteiger partial charge in [-0.1, -0.05) is 54.2 Å². The standard InChI is InChI=1S/C32H28BrCl3N2O7S/c1-3-5-10-44-31(41)21-15-20(7-9-23(21)34)37-28(39)16-38-30(40)27(46-32(38)42)14-19-11-22(33)29(26(13-19)43-4-2)45-17-18-6-8-24(35)25(36)12-18/h6-9,11-15H,3-5,10,16-17H2,1-2H3,(H,37,39)/b27-14+. The molecule has 0 radical (unpaired) electrons. The number of hydrogen-bond donors (Lipinski definition) is 1. The van der Waals surface area contributed by atoms with Crippen molar-refractivity contribution in [2.24, 2.45) is 0 Å². The highest BCUT2D eigenvalue weighted by atomic mass is 79.9. The molecule has 1 aliphatic heterocycles. The van der Waals surface area contributed by atoms with Crippen molar-refractivity contribution < 1.29 is 33.4 Å². The average molecular weight is 771 g/mol. The van der Waals surface area contributed by atoms with Gasteiger partial charge in [0.05, 0.1) is 43.2 Å². The molecule has 242 valence electrons. The molecule has 1 aliphatic rings. The van der Waals surface area contributed by atoms with Crippen LogP contribution in [-0.2, 0) is 20.9 Å². The number of nitrogens with one attached hydrogen (secondary N) is 1. The lowest BCUT2D eigenvalue weighted by molar-refractivity contribution is -0.127. The zero-order chi connectivity index (χ0) is 33.4. The normalized spacial score (nSPS) is 13.7. The highest BCUT2D eigenvalue weighted by molar-refractivity contribution is 9.10. The Morgan fingerprint density at radius 1 is 0.978 bits per heavy atom. The summed E-state index contributed by atoms with van der Waals surface area (Å²) in [6, 6.07) is 12.9. The van der Waals surface area contributed by atoms with Gasteiger partial charge in [-0.2, -0.15) is 0 Å². The summed E-state index contributed by atoms with van der Waals surface area (Å²) in [5.74, 6) is -1.03. The Bertz CT molecular complexity index is 1700. The van der Waals surface area contributed by atoms with Crippen LogP contribution in [0.5, 0.6) is 11.5 Å². The number of unbranched alkanes of at least 4 members (excludes halogenated alkanes) is 1. The number of esters is 1. The summed E-state index contributed by atoms with van der Waals surface area (Å²) in [5, 5.41) is 3.01. The zero-order valence-corrected chi connectivity index (χ0v) is 29.3. The van der Waals surface area contributed by atoms with Gasteiger partial charge in [-0.3, -0.25) is 19.3 Å². The van der Waals surface area contributed by atoms with Gasteiger partial charge < -0.3 is 19.5 Å². The number of rotatable bonds is 13. The first-order valence-electron chi connectivity index (χ1n) is 14.1. The Labute approximate surface area is 293 Å². The minimum absolute atomic E-state index is 0.0908. The number of halogens is 4. The van der Waals surface area contributed by atoms with E-state index in [4.69, 9.17) is 49.0 Å². The van der Waals surface area contributed by atoms with E-state index in [1.54, 1.807) is 30.3 Å². The fourth-order valence-corrected chi connectivity index (χ4v) is 6.07. The van der Waals surface area contributed by atoms with Crippen molar-refractivity contribution in [2.75, 3.05) is 25.1 Å². The predicted molar refractivity (Wildman–Crippen MR) is 184 cm³/mol. The molecule has 4 rings (SSSR count). The molecule has 1 heterocycles. The number of ether oxygens (including phenoxy) is 3. The average Bonchev–Trinajstić information content (AvgIpc) is 3.26. The fraction of sp³-hybridized carbons (Fsp3) is 0.250. The molecule has 3 aromatic carbocycles. The highest BCUT2D eigenvalue weighted by Crippen LogP contribution is 2.40. The highest BCUT2D eigenvalue weighted by Gasteiger charge is 2.36. The molecule has 1 N–H and O–H groups in total. The van der Waals surface area contributed by atoms with Crippen molar-refractivity contribution in [3.8, 4) is 11.5 Å². The monoisotopic (exact) mass is 768 g/mol. The molecule has 14 heteroatoms. The summed E-state index contributed by atoms with van der Waals surface area (Å²) in [4.78, 5) is 52.1. The van der Waals surface area contributed by atoms with Crippen LogP contribution < -0.4 is 14.8 Å². The molecule has 0 aliphatic carbocycles. The molecule has 1 saturated heterocycles. The molecule has 1 fully saturated rings. The van der Waals surface area contributed by atoms with Crippen molar-refractivity contribution in [3.63, 3.8) is 0 Å². The Morgan fingerprint density at radius 3 is 2.46 bits per heavy atom. The largest absolute Gasteiger partial charge is 0.490 e. The van der Waals surface area contributed by atoms with Crippen LogP contribution in [0.2, 0.25) is 15.1 Å². The van der Waals surface area contributed by atoms with Crippen molar-refractivity contribution >= 4 is 97.3 Å². The van der Waals surface area contributed by atoms with E-state index in [2.05, 4.69) is 21.2 Å². The van der Waals surface area contributed by atoms with Gasteiger partial charge >= 0.3 is 5.97 Å². The van der Waals surface area contributed by atoms with E-state index in [0.29, 0.717) is 56.4 Å². The Kier molecular flexibility index (Phi) is 12.8. The maximum atomic E-state index is 13.2. The maximum Gasteiger partial charge on any atom is 0.339 e. The molecule has 3 amide bonds. The van der Waals surface area contributed by atoms with E-state index in [-0.39, 0.29) is 34.4 Å². The number of anilines is 1. The number of nitrogens with zero attached hydrogens (tertiary/aromatic N) is 1. The predicted octanol–water partition coefficient (Wildman–Crippen LogP) is 9.02. The van der Waals surface area contributed by atoms with Crippen molar-refractivity contribution in [1.82, 2.24) is 4.90 Å². The Morgan fingerprint density at radius 2 is 1.74 bits per heavy atom. The Hall–Kier alpha value is -3.22. The number of hydrogen-bond acceptors (Lipinski definition) is 8. The second-order valence-electron chi connectivity index (χ2n) is 9.80. The quantitative estimate of drug-likeness (QED) is 0.104. The number of benzene rings is 3. The van der Waals surface area contributed by atoms with Gasteiger partial charge in [0, 0.05) is 5.69 Å². The smallest absolute Gasteiger partial charge is 0.339 e. The van der Waals surface area contributed by atoms with Crippen molar-refractivity contribution in [3.05, 3.63) is 89.7 Å². The van der Waals surface area contributed by atoms with E-state index >= 15 is 0 Å². The Balaban J connectivity index is 1.45. The van der Waals surface area contributed by atoms with Gasteiger partial charge in [0.25, 0.3) is 11.1 Å². The summed E-state index contributed by atoms with van der Waals surface area (Å²) in [6.45, 7) is 4.05. The van der Waals surface area contributed by atoms with E-state index in [1.165, 1.54) is 24.3 Å². The number of thioether (sulfide) groups is 1. The fourth-order valence-electron chi connectivity index (χ4n) is 4.14. The first kappa shape index (κ1) is 35.6. The molecule has 3 aromatic rings. The molecular formula is C32H28BrCl3N2O7S. The van der Waals surface area contributed by atoms with Crippen molar-refractivity contribution in [2.45, 2.75) is 33.3 Å². The number of carbonyl (C=O) groups excluding carboxylic acids is 4. The minimum atomic E-state index is -0.638. The van der Waals surface area contributed by atoms with Gasteiger partial charge in [0.1, 0.15) is 13.2 Å². The number of amides is 3. The van der Waals surface area contributed by atoms with Gasteiger partial charge in [0.2, 0.25) is 5.91 Å². The zero-order valence-electron chi connectivity index (χ0n) is 24.7. The lowest BCUT2D eigenvalue weighted by Crippen LogP contribution is -2.36. The lowest BCUT2D eigenvalue weighted by atomic mass is 10.1. The van der Waals surface area contributed by atoms with Crippen LogP contribution in [0.1, 0.15) is 48.2 Å². The first-order valence-corrected chi connectivity index (χ1v) is 16.8. The van der Waals surface area contributed by atoms with Gasteiger partial charge in [-0.15, -0.1) is 0 Å². The van der Waals surface area contributed by atoms with Crippen LogP contribution >= 0.6 is 62.5 Å². The summed E-state index contributed by atoms with van der Waals surface area (Å²) in [6.07, 6.45) is 3.10. The van der Waals surface area contributed by atoms with Gasteiger partial charge in [-0.05, 0) is 101 Å². The first-order chi connectivity index (χ1) is 22.0. The van der Waals surface area contributed by atoms with E-state index in [1.807, 2.05) is 13.8 Å². The number of imide groups is 1. The lowest BCUT2D eigenvalue weighted by Gasteiger charge is -2.15. The third-order valence-electron chi connectivity index (χ3n) is 6.37. The molecule has 9 nitrogen and oxygen atoms in total. The molecule has 0 unspecified atom stereocenters. The summed E-state index contributed by atoms with van der Waals surface area (Å²) >= 11 is 22.5. The van der Waals surface area contributed by atoms with Crippen LogP contribution in [0.4, 0.5) is 10.5 Å². The molecule has 46 heavy (non-hydrogen) atoms. The molecule has 0 saturated carbocycles. The third-order valence-corrected chi connectivity index (χ3v) is 8.94. The third kappa shape index (κ3) is 9.19. The second-order valence-corrected chi connectivity index (χ2v) is 12.9. The van der Waals surface area contributed by atoms with Crippen LogP contribution in [-0.4, -0.2) is 47.7 Å². The molecular weight excluding hydrogens is 743 g/mol. The SMILES string of the molecule is CCCCOC(=O)c1cc(NC(=O)CN2C(=O)S/C(=C/c3cc(Br)c(OCc4ccc(Cl)c(Cl)c4)c(OCC)c3)C2=O)ccc1Cl. The van der Waals surface area contributed by atoms with Crippen LogP contribution in [0, 0.1) is 0 Å². The summed E-state index contributed by atoms with van der Waals surface area (Å²) in [7, 11) is 0. The molecule has 0 bridgehead atoms. The topological polar surface area (TPSA) is 111 Å². The molecule has 0 aromatic heterocycles. The minimum Gasteiger partial charge on any atom is -0.490 e. The van der Waals surface area contributed by atoms with E-state index in [9.17, 15) is 19.2 Å². The number of carbonyl (C=O) groups is 4.